The maximum Gasteiger partial charge on any atom is 0.184 e. The first-order valence-corrected chi connectivity index (χ1v) is 4.32. The molecule has 5 atom stereocenters. The molecule has 0 spiro atoms. The third kappa shape index (κ3) is 1.70. The SMILES string of the molecule is CN[C@H]1[C@H](C)O[C@H](O)[C@@H](O)[C@@]1(C)O. The molecule has 0 aromatic rings. The summed E-state index contributed by atoms with van der Waals surface area (Å²) in [6.07, 6.45) is -2.96. The average molecular weight is 191 g/mol. The first-order chi connectivity index (χ1) is 5.91. The van der Waals surface area contributed by atoms with Gasteiger partial charge in [0.1, 0.15) is 11.7 Å². The van der Waals surface area contributed by atoms with E-state index in [0.717, 1.165) is 0 Å². The minimum absolute atomic E-state index is 0.349. The first-order valence-electron chi connectivity index (χ1n) is 4.32. The molecule has 13 heavy (non-hydrogen) atoms. The van der Waals surface area contributed by atoms with Gasteiger partial charge in [-0.2, -0.15) is 0 Å². The second-order valence-corrected chi connectivity index (χ2v) is 3.67. The zero-order valence-electron chi connectivity index (χ0n) is 8.06. The zero-order valence-corrected chi connectivity index (χ0v) is 8.06. The van der Waals surface area contributed by atoms with Gasteiger partial charge in [0.25, 0.3) is 0 Å². The number of hydrogen-bond donors (Lipinski definition) is 4. The van der Waals surface area contributed by atoms with Gasteiger partial charge in [-0.15, -0.1) is 0 Å². The van der Waals surface area contributed by atoms with Crippen LogP contribution < -0.4 is 5.32 Å². The molecule has 0 amide bonds. The number of hydrogen-bond acceptors (Lipinski definition) is 5. The molecule has 1 heterocycles. The van der Waals surface area contributed by atoms with Crippen molar-refractivity contribution in [3.8, 4) is 0 Å². The zero-order chi connectivity index (χ0) is 10.2. The van der Waals surface area contributed by atoms with E-state index in [1.54, 1.807) is 14.0 Å². The summed E-state index contributed by atoms with van der Waals surface area (Å²) in [5, 5.41) is 31.4. The van der Waals surface area contributed by atoms with Gasteiger partial charge in [-0.1, -0.05) is 0 Å². The van der Waals surface area contributed by atoms with Gasteiger partial charge < -0.3 is 25.4 Å². The van der Waals surface area contributed by atoms with E-state index in [9.17, 15) is 15.3 Å². The smallest absolute Gasteiger partial charge is 0.184 e. The number of ether oxygens (including phenoxy) is 1. The fourth-order valence-electron chi connectivity index (χ4n) is 1.85. The van der Waals surface area contributed by atoms with Gasteiger partial charge >= 0.3 is 0 Å². The van der Waals surface area contributed by atoms with Crippen LogP contribution in [0.3, 0.4) is 0 Å². The Morgan fingerprint density at radius 2 is 1.92 bits per heavy atom. The quantitative estimate of drug-likeness (QED) is 0.402. The molecule has 0 bridgehead atoms. The highest BCUT2D eigenvalue weighted by molar-refractivity contribution is 5.00. The van der Waals surface area contributed by atoms with E-state index >= 15 is 0 Å². The van der Waals surface area contributed by atoms with Crippen LogP contribution in [0, 0.1) is 0 Å². The van der Waals surface area contributed by atoms with Gasteiger partial charge in [0.05, 0.1) is 12.1 Å². The van der Waals surface area contributed by atoms with Crippen LogP contribution in [-0.2, 0) is 4.74 Å². The fourth-order valence-corrected chi connectivity index (χ4v) is 1.85. The van der Waals surface area contributed by atoms with Crippen LogP contribution in [0.1, 0.15) is 13.8 Å². The molecule has 0 aromatic carbocycles. The number of likely N-dealkylation sites (N-methyl/N-ethyl adjacent to an activating group) is 1. The van der Waals surface area contributed by atoms with Crippen LogP contribution in [0.25, 0.3) is 0 Å². The molecule has 5 nitrogen and oxygen atoms in total. The second-order valence-electron chi connectivity index (χ2n) is 3.67. The fraction of sp³-hybridized carbons (Fsp3) is 1.00. The summed E-state index contributed by atoms with van der Waals surface area (Å²) in [7, 11) is 1.67. The Morgan fingerprint density at radius 1 is 1.38 bits per heavy atom. The third-order valence-corrected chi connectivity index (χ3v) is 2.63. The monoisotopic (exact) mass is 191 g/mol. The summed E-state index contributed by atoms with van der Waals surface area (Å²) in [6.45, 7) is 3.20. The van der Waals surface area contributed by atoms with Gasteiger partial charge in [-0.05, 0) is 20.9 Å². The summed E-state index contributed by atoms with van der Waals surface area (Å²) in [4.78, 5) is 0. The number of rotatable bonds is 1. The molecular weight excluding hydrogens is 174 g/mol. The number of aliphatic hydroxyl groups is 3. The van der Waals surface area contributed by atoms with E-state index in [1.807, 2.05) is 0 Å². The normalized spacial score (nSPS) is 52.2. The largest absolute Gasteiger partial charge is 0.386 e. The lowest BCUT2D eigenvalue weighted by molar-refractivity contribution is -0.282. The van der Waals surface area contributed by atoms with Crippen molar-refractivity contribution in [2.75, 3.05) is 7.05 Å². The van der Waals surface area contributed by atoms with E-state index in [-0.39, 0.29) is 6.10 Å². The van der Waals surface area contributed by atoms with Gasteiger partial charge in [0.15, 0.2) is 6.29 Å². The standard InChI is InChI=1S/C8H17NO4/c1-4-5(9-3)8(2,12)6(10)7(11)13-4/h4-7,9-12H,1-3H3/t4-,5-,6+,7-,8-/m0/s1. The second kappa shape index (κ2) is 3.51. The molecule has 0 radical (unpaired) electrons. The Balaban J connectivity index is 2.85. The van der Waals surface area contributed by atoms with Crippen LogP contribution in [0.4, 0.5) is 0 Å². The molecule has 1 aliphatic heterocycles. The van der Waals surface area contributed by atoms with Crippen LogP contribution in [0.5, 0.6) is 0 Å². The minimum Gasteiger partial charge on any atom is -0.386 e. The lowest BCUT2D eigenvalue weighted by Gasteiger charge is -2.46. The van der Waals surface area contributed by atoms with E-state index in [0.29, 0.717) is 0 Å². The Bertz CT molecular complexity index is 185. The maximum absolute atomic E-state index is 9.89. The first kappa shape index (κ1) is 10.9. The molecule has 1 saturated heterocycles. The van der Waals surface area contributed by atoms with E-state index in [1.165, 1.54) is 6.92 Å². The highest BCUT2D eigenvalue weighted by Gasteiger charge is 2.50. The van der Waals surface area contributed by atoms with Crippen LogP contribution in [0.2, 0.25) is 0 Å². The van der Waals surface area contributed by atoms with Crippen molar-refractivity contribution in [2.45, 2.75) is 44.0 Å². The van der Waals surface area contributed by atoms with Gasteiger partial charge in [0, 0.05) is 0 Å². The lowest BCUT2D eigenvalue weighted by atomic mass is 9.84. The van der Waals surface area contributed by atoms with Crippen molar-refractivity contribution in [1.29, 1.82) is 0 Å². The lowest BCUT2D eigenvalue weighted by Crippen LogP contribution is -2.68. The predicted molar refractivity (Wildman–Crippen MR) is 46.0 cm³/mol. The summed E-state index contributed by atoms with van der Waals surface area (Å²) >= 11 is 0. The molecule has 1 aliphatic rings. The van der Waals surface area contributed by atoms with Crippen molar-refractivity contribution in [3.63, 3.8) is 0 Å². The van der Waals surface area contributed by atoms with E-state index < -0.39 is 24.0 Å². The molecule has 1 rings (SSSR count). The topological polar surface area (TPSA) is 82.0 Å². The minimum atomic E-state index is -1.38. The van der Waals surface area contributed by atoms with Crippen LogP contribution in [0.15, 0.2) is 0 Å². The molecule has 4 N–H and O–H groups in total. The highest BCUT2D eigenvalue weighted by Crippen LogP contribution is 2.28. The Morgan fingerprint density at radius 3 is 2.38 bits per heavy atom. The maximum atomic E-state index is 9.89. The number of nitrogens with one attached hydrogen (secondary N) is 1. The summed E-state index contributed by atoms with van der Waals surface area (Å²) in [5.74, 6) is 0. The Hall–Kier alpha value is -0.200. The summed E-state index contributed by atoms with van der Waals surface area (Å²) < 4.78 is 5.02. The van der Waals surface area contributed by atoms with Gasteiger partial charge in [-0.25, -0.2) is 0 Å². The average Bonchev–Trinajstić information content (AvgIpc) is 2.01. The van der Waals surface area contributed by atoms with E-state index in [4.69, 9.17) is 4.74 Å². The summed E-state index contributed by atoms with van der Waals surface area (Å²) in [5.41, 5.74) is -1.38. The van der Waals surface area contributed by atoms with Crippen molar-refractivity contribution < 1.29 is 20.1 Å². The van der Waals surface area contributed by atoms with Crippen molar-refractivity contribution >= 4 is 0 Å². The van der Waals surface area contributed by atoms with Crippen molar-refractivity contribution in [3.05, 3.63) is 0 Å². The highest BCUT2D eigenvalue weighted by atomic mass is 16.6. The van der Waals surface area contributed by atoms with Crippen molar-refractivity contribution in [2.24, 2.45) is 0 Å². The molecule has 0 aromatic heterocycles. The van der Waals surface area contributed by atoms with Crippen molar-refractivity contribution in [1.82, 2.24) is 5.32 Å². The molecule has 0 saturated carbocycles. The molecular formula is C8H17NO4. The Kier molecular flexibility index (Phi) is 2.94. The molecule has 1 fully saturated rings. The number of aliphatic hydroxyl groups excluding tert-OH is 2. The molecule has 0 unspecified atom stereocenters. The summed E-state index contributed by atoms with van der Waals surface area (Å²) in [6, 6.07) is -0.397. The molecule has 0 aliphatic carbocycles. The van der Waals surface area contributed by atoms with E-state index in [2.05, 4.69) is 5.32 Å². The predicted octanol–water partition coefficient (Wildman–Crippen LogP) is -1.58. The van der Waals surface area contributed by atoms with Gasteiger partial charge in [0.2, 0.25) is 0 Å². The third-order valence-electron chi connectivity index (χ3n) is 2.63. The molecule has 5 heteroatoms. The molecule has 78 valence electrons. The Labute approximate surface area is 77.3 Å². The van der Waals surface area contributed by atoms with Crippen LogP contribution in [-0.4, -0.2) is 52.5 Å². The van der Waals surface area contributed by atoms with Crippen LogP contribution >= 0.6 is 0 Å². The van der Waals surface area contributed by atoms with Gasteiger partial charge in [-0.3, -0.25) is 0 Å².